The SMILES string of the molecule is CCOC(=O)C1=C(C)N=c2s/c(=C\c3ccc(O)cc3O)c(=O)n2[C@H]1c1ccc(OC(C)C)c(OC)c1. The van der Waals surface area contributed by atoms with Crippen LogP contribution < -0.4 is 24.4 Å². The number of phenolic OH excluding ortho intramolecular Hbond substituents is 2. The molecule has 0 aliphatic carbocycles. The van der Waals surface area contributed by atoms with Crippen molar-refractivity contribution in [2.24, 2.45) is 4.99 Å². The minimum Gasteiger partial charge on any atom is -0.508 e. The van der Waals surface area contributed by atoms with E-state index in [2.05, 4.69) is 4.99 Å². The van der Waals surface area contributed by atoms with Gasteiger partial charge in [-0.2, -0.15) is 0 Å². The quantitative estimate of drug-likeness (QED) is 0.456. The van der Waals surface area contributed by atoms with Crippen LogP contribution in [0.2, 0.25) is 0 Å². The molecule has 1 aromatic heterocycles. The smallest absolute Gasteiger partial charge is 0.338 e. The highest BCUT2D eigenvalue weighted by atomic mass is 32.1. The third-order valence-corrected chi connectivity index (χ3v) is 6.67. The minimum absolute atomic E-state index is 0.0778. The van der Waals surface area contributed by atoms with Crippen molar-refractivity contribution in [1.82, 2.24) is 4.57 Å². The van der Waals surface area contributed by atoms with Crippen LogP contribution >= 0.6 is 11.3 Å². The van der Waals surface area contributed by atoms with Gasteiger partial charge in [0.1, 0.15) is 11.5 Å². The molecule has 9 nitrogen and oxygen atoms in total. The van der Waals surface area contributed by atoms with Gasteiger partial charge in [0.25, 0.3) is 5.56 Å². The maximum Gasteiger partial charge on any atom is 0.338 e. The lowest BCUT2D eigenvalue weighted by atomic mass is 9.95. The lowest BCUT2D eigenvalue weighted by Gasteiger charge is -2.25. The Kier molecular flexibility index (Phi) is 7.40. The number of nitrogens with zero attached hydrogens (tertiary/aromatic N) is 2. The van der Waals surface area contributed by atoms with E-state index in [9.17, 15) is 19.8 Å². The highest BCUT2D eigenvalue weighted by Crippen LogP contribution is 2.36. The van der Waals surface area contributed by atoms with E-state index in [1.165, 1.54) is 36.0 Å². The molecule has 1 atom stereocenters. The van der Waals surface area contributed by atoms with Crippen LogP contribution in [0.15, 0.2) is 57.5 Å². The molecule has 2 aromatic carbocycles. The minimum atomic E-state index is -0.826. The van der Waals surface area contributed by atoms with E-state index >= 15 is 0 Å². The number of aromatic nitrogens is 1. The van der Waals surface area contributed by atoms with Crippen molar-refractivity contribution in [1.29, 1.82) is 0 Å². The van der Waals surface area contributed by atoms with Crippen LogP contribution in [0.1, 0.15) is 44.9 Å². The van der Waals surface area contributed by atoms with Gasteiger partial charge >= 0.3 is 5.97 Å². The maximum absolute atomic E-state index is 13.7. The third-order valence-electron chi connectivity index (χ3n) is 5.68. The summed E-state index contributed by atoms with van der Waals surface area (Å²) in [5.74, 6) is 0.164. The number of hydrogen-bond donors (Lipinski definition) is 2. The number of ether oxygens (including phenoxy) is 3. The Bertz CT molecular complexity index is 1570. The summed E-state index contributed by atoms with van der Waals surface area (Å²) in [4.78, 5) is 31.7. The first kappa shape index (κ1) is 26.0. The molecule has 0 spiro atoms. The molecule has 2 N–H and O–H groups in total. The lowest BCUT2D eigenvalue weighted by Crippen LogP contribution is -2.40. The Balaban J connectivity index is 1.95. The van der Waals surface area contributed by atoms with E-state index < -0.39 is 17.6 Å². The molecule has 0 saturated heterocycles. The van der Waals surface area contributed by atoms with Gasteiger partial charge in [-0.05, 0) is 63.6 Å². The molecule has 0 unspecified atom stereocenters. The van der Waals surface area contributed by atoms with Gasteiger partial charge in [0, 0.05) is 11.6 Å². The van der Waals surface area contributed by atoms with Gasteiger partial charge in [-0.25, -0.2) is 9.79 Å². The van der Waals surface area contributed by atoms with Crippen LogP contribution in [0.3, 0.4) is 0 Å². The molecule has 194 valence electrons. The molecule has 0 saturated carbocycles. The number of esters is 1. The summed E-state index contributed by atoms with van der Waals surface area (Å²) in [7, 11) is 1.52. The molecule has 4 rings (SSSR count). The predicted molar refractivity (Wildman–Crippen MR) is 139 cm³/mol. The summed E-state index contributed by atoms with van der Waals surface area (Å²) < 4.78 is 18.5. The predicted octanol–water partition coefficient (Wildman–Crippen LogP) is 3.01. The van der Waals surface area contributed by atoms with Gasteiger partial charge < -0.3 is 24.4 Å². The highest BCUT2D eigenvalue weighted by molar-refractivity contribution is 7.07. The number of fused-ring (bicyclic) bond motifs is 1. The highest BCUT2D eigenvalue weighted by Gasteiger charge is 2.34. The standard InChI is InChI=1S/C27H28N2O7S/c1-6-35-26(33)23-15(4)28-27-29(24(23)17-8-10-20(36-14(2)3)21(11-17)34-5)25(32)22(37-27)12-16-7-9-18(30)13-19(16)31/h7-14,24,30-31H,6H2,1-5H3/b22-12-/t24-/m0/s1. The number of aromatic hydroxyl groups is 2. The molecule has 1 aliphatic heterocycles. The van der Waals surface area contributed by atoms with E-state index in [0.29, 0.717) is 37.7 Å². The van der Waals surface area contributed by atoms with E-state index in [4.69, 9.17) is 14.2 Å². The van der Waals surface area contributed by atoms with Crippen molar-refractivity contribution in [2.75, 3.05) is 13.7 Å². The largest absolute Gasteiger partial charge is 0.508 e. The molecule has 37 heavy (non-hydrogen) atoms. The zero-order valence-corrected chi connectivity index (χ0v) is 22.0. The Morgan fingerprint density at radius 2 is 1.95 bits per heavy atom. The summed E-state index contributed by atoms with van der Waals surface area (Å²) in [5.41, 5.74) is 1.26. The van der Waals surface area contributed by atoms with Crippen molar-refractivity contribution in [2.45, 2.75) is 39.8 Å². The van der Waals surface area contributed by atoms with Crippen LogP contribution in [0.4, 0.5) is 0 Å². The zero-order chi connectivity index (χ0) is 26.9. The van der Waals surface area contributed by atoms with Crippen molar-refractivity contribution >= 4 is 23.4 Å². The van der Waals surface area contributed by atoms with Crippen molar-refractivity contribution in [3.8, 4) is 23.0 Å². The first-order valence-corrected chi connectivity index (χ1v) is 12.5. The van der Waals surface area contributed by atoms with E-state index in [1.54, 1.807) is 32.0 Å². The van der Waals surface area contributed by atoms with Gasteiger partial charge in [0.2, 0.25) is 0 Å². The number of benzene rings is 2. The van der Waals surface area contributed by atoms with Crippen molar-refractivity contribution < 1.29 is 29.2 Å². The van der Waals surface area contributed by atoms with Crippen LogP contribution in [-0.2, 0) is 9.53 Å². The molecular formula is C27H28N2O7S. The molecule has 0 amide bonds. The monoisotopic (exact) mass is 524 g/mol. The summed E-state index contributed by atoms with van der Waals surface area (Å²) in [6.07, 6.45) is 1.45. The van der Waals surface area contributed by atoms with Gasteiger partial charge in [-0.1, -0.05) is 17.4 Å². The maximum atomic E-state index is 13.7. The third kappa shape index (κ3) is 5.10. The van der Waals surface area contributed by atoms with Crippen LogP contribution in [-0.4, -0.2) is 40.6 Å². The Labute approximate surface area is 217 Å². The molecule has 0 radical (unpaired) electrons. The van der Waals surface area contributed by atoms with Gasteiger partial charge in [-0.15, -0.1) is 0 Å². The number of phenols is 2. The van der Waals surface area contributed by atoms with E-state index in [1.807, 2.05) is 13.8 Å². The summed E-state index contributed by atoms with van der Waals surface area (Å²) in [5, 5.41) is 19.8. The Hall–Kier alpha value is -4.05. The molecule has 10 heteroatoms. The number of carbonyl (C=O) groups is 1. The summed E-state index contributed by atoms with van der Waals surface area (Å²) in [6.45, 7) is 7.39. The number of thiazole rings is 1. The number of carbonyl (C=O) groups excluding carboxylic acids is 1. The summed E-state index contributed by atoms with van der Waals surface area (Å²) >= 11 is 1.13. The van der Waals surface area contributed by atoms with Crippen molar-refractivity contribution in [3.63, 3.8) is 0 Å². The van der Waals surface area contributed by atoms with Crippen LogP contribution in [0.5, 0.6) is 23.0 Å². The normalized spacial score (nSPS) is 15.4. The van der Waals surface area contributed by atoms with E-state index in [0.717, 1.165) is 11.3 Å². The van der Waals surface area contributed by atoms with Crippen LogP contribution in [0, 0.1) is 0 Å². The van der Waals surface area contributed by atoms with Crippen molar-refractivity contribution in [3.05, 3.63) is 78.5 Å². The fourth-order valence-corrected chi connectivity index (χ4v) is 5.15. The van der Waals surface area contributed by atoms with Gasteiger partial charge in [0.05, 0.1) is 41.7 Å². The number of allylic oxidation sites excluding steroid dienone is 1. The lowest BCUT2D eigenvalue weighted by molar-refractivity contribution is -0.139. The average molecular weight is 525 g/mol. The number of rotatable bonds is 7. The van der Waals surface area contributed by atoms with E-state index in [-0.39, 0.29) is 29.8 Å². The fraction of sp³-hybridized carbons (Fsp3) is 0.296. The van der Waals surface area contributed by atoms with Crippen LogP contribution in [0.25, 0.3) is 6.08 Å². The fourth-order valence-electron chi connectivity index (χ4n) is 4.11. The molecule has 1 aliphatic rings. The average Bonchev–Trinajstić information content (AvgIpc) is 3.14. The second kappa shape index (κ2) is 10.5. The molecule has 2 heterocycles. The van der Waals surface area contributed by atoms with Gasteiger partial charge in [-0.3, -0.25) is 9.36 Å². The zero-order valence-electron chi connectivity index (χ0n) is 21.1. The topological polar surface area (TPSA) is 120 Å². The molecule has 0 fully saturated rings. The summed E-state index contributed by atoms with van der Waals surface area (Å²) in [6, 6.07) is 8.57. The second-order valence-corrected chi connectivity index (χ2v) is 9.63. The Morgan fingerprint density at radius 1 is 1.19 bits per heavy atom. The first-order valence-electron chi connectivity index (χ1n) is 11.7. The Morgan fingerprint density at radius 3 is 2.59 bits per heavy atom. The molecule has 0 bridgehead atoms. The second-order valence-electron chi connectivity index (χ2n) is 8.62. The molecule has 3 aromatic rings. The number of methoxy groups -OCH3 is 1. The number of hydrogen-bond acceptors (Lipinski definition) is 9. The molecular weight excluding hydrogens is 496 g/mol. The van der Waals surface area contributed by atoms with Gasteiger partial charge in [0.15, 0.2) is 16.3 Å². The first-order chi connectivity index (χ1) is 17.6.